The zero-order valence-corrected chi connectivity index (χ0v) is 10.5. The van der Waals surface area contributed by atoms with E-state index >= 15 is 0 Å². The molecule has 0 bridgehead atoms. The molecule has 98 valence electrons. The Kier molecular flexibility index (Phi) is 3.14. The molecule has 6 heteroatoms. The molecule has 1 aliphatic heterocycles. The van der Waals surface area contributed by atoms with Crippen molar-refractivity contribution < 1.29 is 4.79 Å². The molecule has 1 aliphatic rings. The van der Waals surface area contributed by atoms with Crippen LogP contribution in [0.1, 0.15) is 12.8 Å². The fourth-order valence-electron chi connectivity index (χ4n) is 2.17. The van der Waals surface area contributed by atoms with Crippen LogP contribution in [-0.4, -0.2) is 33.8 Å². The van der Waals surface area contributed by atoms with Crippen LogP contribution >= 0.6 is 0 Å². The third-order valence-corrected chi connectivity index (χ3v) is 3.10. The number of piperidine rings is 1. The Balaban J connectivity index is 1.77. The average molecular weight is 257 g/mol. The largest absolute Gasteiger partial charge is 0.366 e. The Morgan fingerprint density at radius 1 is 1.37 bits per heavy atom. The molecule has 0 amide bonds. The first-order valence-corrected chi connectivity index (χ1v) is 6.30. The normalized spacial score (nSPS) is 15.6. The van der Waals surface area contributed by atoms with Crippen molar-refractivity contribution in [3.8, 4) is 0 Å². The number of ketones is 1. The zero-order valence-electron chi connectivity index (χ0n) is 10.5. The van der Waals surface area contributed by atoms with Gasteiger partial charge in [0.05, 0.1) is 12.2 Å². The molecule has 6 nitrogen and oxygen atoms in total. The van der Waals surface area contributed by atoms with Gasteiger partial charge in [-0.2, -0.15) is 0 Å². The molecule has 2 aromatic heterocycles. The van der Waals surface area contributed by atoms with Crippen LogP contribution in [-0.2, 0) is 4.79 Å². The van der Waals surface area contributed by atoms with Crippen molar-refractivity contribution in [2.45, 2.75) is 12.8 Å². The van der Waals surface area contributed by atoms with E-state index in [1.807, 2.05) is 29.4 Å². The Hall–Kier alpha value is -2.37. The number of aromatic nitrogens is 3. The molecule has 0 unspecified atom stereocenters. The predicted molar refractivity (Wildman–Crippen MR) is 72.6 cm³/mol. The van der Waals surface area contributed by atoms with Gasteiger partial charge in [-0.1, -0.05) is 0 Å². The second-order valence-electron chi connectivity index (χ2n) is 4.55. The minimum absolute atomic E-state index is 0.269. The average Bonchev–Trinajstić information content (AvgIpc) is 2.92. The van der Waals surface area contributed by atoms with E-state index in [9.17, 15) is 4.79 Å². The van der Waals surface area contributed by atoms with Gasteiger partial charge in [-0.25, -0.2) is 9.97 Å². The van der Waals surface area contributed by atoms with Crippen LogP contribution in [0.4, 0.5) is 17.3 Å². The van der Waals surface area contributed by atoms with E-state index in [0.29, 0.717) is 13.0 Å². The number of H-pyrrole nitrogens is 1. The fourth-order valence-corrected chi connectivity index (χ4v) is 2.17. The number of hydrogen-bond donors (Lipinski definition) is 2. The lowest BCUT2D eigenvalue weighted by molar-refractivity contribution is -0.118. The van der Waals surface area contributed by atoms with E-state index in [1.165, 1.54) is 6.33 Å². The second kappa shape index (κ2) is 5.09. The Morgan fingerprint density at radius 2 is 2.32 bits per heavy atom. The topological polar surface area (TPSA) is 73.9 Å². The number of carbonyl (C=O) groups excluding carboxylic acids is 1. The summed E-state index contributed by atoms with van der Waals surface area (Å²) < 4.78 is 0. The van der Waals surface area contributed by atoms with Crippen molar-refractivity contribution in [3.63, 3.8) is 0 Å². The molecule has 0 aliphatic carbocycles. The molecule has 0 saturated carbocycles. The highest BCUT2D eigenvalue weighted by Crippen LogP contribution is 2.20. The Bertz CT molecular complexity index is 566. The monoisotopic (exact) mass is 257 g/mol. The molecular formula is C13H15N5O. The van der Waals surface area contributed by atoms with Crippen LogP contribution in [0.3, 0.4) is 0 Å². The summed E-state index contributed by atoms with van der Waals surface area (Å²) in [5, 5.41) is 3.18. The van der Waals surface area contributed by atoms with Gasteiger partial charge in [0.25, 0.3) is 0 Å². The van der Waals surface area contributed by atoms with Crippen LogP contribution in [0, 0.1) is 0 Å². The van der Waals surface area contributed by atoms with Crippen LogP contribution in [0.2, 0.25) is 0 Å². The van der Waals surface area contributed by atoms with Crippen molar-refractivity contribution in [2.75, 3.05) is 23.3 Å². The predicted octanol–water partition coefficient (Wildman–Crippen LogP) is 1.72. The van der Waals surface area contributed by atoms with E-state index in [0.717, 1.165) is 30.3 Å². The third-order valence-electron chi connectivity index (χ3n) is 3.10. The Morgan fingerprint density at radius 3 is 3.11 bits per heavy atom. The number of carbonyl (C=O) groups is 1. The molecule has 1 fully saturated rings. The summed E-state index contributed by atoms with van der Waals surface area (Å²) in [4.78, 5) is 24.9. The minimum atomic E-state index is 0.269. The molecule has 0 spiro atoms. The summed E-state index contributed by atoms with van der Waals surface area (Å²) in [5.41, 5.74) is 0.944. The van der Waals surface area contributed by atoms with E-state index < -0.39 is 0 Å². The van der Waals surface area contributed by atoms with E-state index in [1.54, 1.807) is 0 Å². The lowest BCUT2D eigenvalue weighted by Gasteiger charge is -2.26. The molecule has 0 radical (unpaired) electrons. The molecule has 2 N–H and O–H groups in total. The fraction of sp³-hybridized carbons (Fsp3) is 0.308. The van der Waals surface area contributed by atoms with Crippen molar-refractivity contribution >= 4 is 23.1 Å². The van der Waals surface area contributed by atoms with Crippen molar-refractivity contribution in [1.82, 2.24) is 15.0 Å². The van der Waals surface area contributed by atoms with Gasteiger partial charge in [-0.3, -0.25) is 4.79 Å². The maximum Gasteiger partial charge on any atom is 0.152 e. The van der Waals surface area contributed by atoms with Crippen LogP contribution < -0.4 is 10.2 Å². The highest BCUT2D eigenvalue weighted by molar-refractivity contribution is 5.84. The molecule has 1 saturated heterocycles. The first-order valence-electron chi connectivity index (χ1n) is 6.30. The molecule has 19 heavy (non-hydrogen) atoms. The first kappa shape index (κ1) is 11.7. The summed E-state index contributed by atoms with van der Waals surface area (Å²) in [6, 6.07) is 3.79. The van der Waals surface area contributed by atoms with Crippen molar-refractivity contribution in [1.29, 1.82) is 0 Å². The SMILES string of the molecule is O=C1CCCN(c2cc(Nc3cc[nH]c3)ncn2)C1. The third kappa shape index (κ3) is 2.73. The van der Waals surface area contributed by atoms with E-state index in [-0.39, 0.29) is 5.78 Å². The molecule has 3 rings (SSSR count). The Labute approximate surface area is 110 Å². The summed E-state index contributed by atoms with van der Waals surface area (Å²) in [6.45, 7) is 1.31. The number of rotatable bonds is 3. The number of Topliss-reactive ketones (excluding diaryl/α,β-unsaturated/α-hetero) is 1. The van der Waals surface area contributed by atoms with Gasteiger partial charge < -0.3 is 15.2 Å². The summed E-state index contributed by atoms with van der Waals surface area (Å²) in [5.74, 6) is 1.79. The molecule has 3 heterocycles. The minimum Gasteiger partial charge on any atom is -0.366 e. The van der Waals surface area contributed by atoms with Crippen molar-refractivity contribution in [3.05, 3.63) is 30.9 Å². The zero-order chi connectivity index (χ0) is 13.1. The maximum atomic E-state index is 11.5. The van der Waals surface area contributed by atoms with Gasteiger partial charge in [0, 0.05) is 31.4 Å². The van der Waals surface area contributed by atoms with Crippen LogP contribution in [0.5, 0.6) is 0 Å². The molecular weight excluding hydrogens is 242 g/mol. The lowest BCUT2D eigenvalue weighted by Crippen LogP contribution is -2.36. The number of hydrogen-bond acceptors (Lipinski definition) is 5. The van der Waals surface area contributed by atoms with Gasteiger partial charge in [0.15, 0.2) is 5.78 Å². The number of nitrogens with zero attached hydrogens (tertiary/aromatic N) is 3. The van der Waals surface area contributed by atoms with Gasteiger partial charge >= 0.3 is 0 Å². The molecule has 0 atom stereocenters. The standard InChI is InChI=1S/C13H15N5O/c19-11-2-1-5-18(8-11)13-6-12(15-9-16-13)17-10-3-4-14-7-10/h3-4,6-7,9,14H,1-2,5,8H2,(H,15,16,17). The van der Waals surface area contributed by atoms with Crippen LogP contribution in [0.25, 0.3) is 0 Å². The highest BCUT2D eigenvalue weighted by atomic mass is 16.1. The number of aromatic amines is 1. The van der Waals surface area contributed by atoms with Gasteiger partial charge in [0.1, 0.15) is 18.0 Å². The smallest absolute Gasteiger partial charge is 0.152 e. The van der Waals surface area contributed by atoms with E-state index in [4.69, 9.17) is 0 Å². The van der Waals surface area contributed by atoms with Crippen LogP contribution in [0.15, 0.2) is 30.9 Å². The first-order chi connectivity index (χ1) is 9.31. The highest BCUT2D eigenvalue weighted by Gasteiger charge is 2.18. The quantitative estimate of drug-likeness (QED) is 0.875. The number of anilines is 3. The maximum absolute atomic E-state index is 11.5. The summed E-state index contributed by atoms with van der Waals surface area (Å²) in [6.07, 6.45) is 6.78. The second-order valence-corrected chi connectivity index (χ2v) is 4.55. The lowest BCUT2D eigenvalue weighted by atomic mass is 10.1. The summed E-state index contributed by atoms with van der Waals surface area (Å²) >= 11 is 0. The summed E-state index contributed by atoms with van der Waals surface area (Å²) in [7, 11) is 0. The molecule has 0 aromatic carbocycles. The van der Waals surface area contributed by atoms with E-state index in [2.05, 4.69) is 20.3 Å². The number of nitrogens with one attached hydrogen (secondary N) is 2. The van der Waals surface area contributed by atoms with Gasteiger partial charge in [0.2, 0.25) is 0 Å². The molecule has 2 aromatic rings. The van der Waals surface area contributed by atoms with Crippen molar-refractivity contribution in [2.24, 2.45) is 0 Å². The van der Waals surface area contributed by atoms with Gasteiger partial charge in [-0.15, -0.1) is 0 Å². The van der Waals surface area contributed by atoms with Gasteiger partial charge in [-0.05, 0) is 12.5 Å².